The van der Waals surface area contributed by atoms with E-state index in [1.165, 1.54) is 6.07 Å². The number of thioether (sulfide) groups is 1. The number of carbonyl (C=O) groups is 2. The van der Waals surface area contributed by atoms with Gasteiger partial charge in [0.15, 0.2) is 11.0 Å². The minimum atomic E-state index is -0.971. The Hall–Kier alpha value is -3.44. The van der Waals surface area contributed by atoms with Gasteiger partial charge in [0.2, 0.25) is 0 Å². The van der Waals surface area contributed by atoms with Crippen molar-refractivity contribution < 1.29 is 19.9 Å². The number of carboxylic acid groups (broad SMARTS) is 1. The number of rotatable bonds is 8. The lowest BCUT2D eigenvalue weighted by Crippen LogP contribution is -2.23. The first-order valence-corrected chi connectivity index (χ1v) is 9.04. The monoisotopic (exact) mass is 400 g/mol. The van der Waals surface area contributed by atoms with Gasteiger partial charge in [-0.25, -0.2) is 0 Å². The molecule has 0 fully saturated rings. The first-order valence-electron chi connectivity index (χ1n) is 8.06. The Morgan fingerprint density at radius 1 is 1.18 bits per heavy atom. The number of carboxylic acids is 1. The molecule has 28 heavy (non-hydrogen) atoms. The Labute approximate surface area is 163 Å². The Bertz CT molecular complexity index is 979. The molecule has 5 N–H and O–H groups in total. The maximum atomic E-state index is 12.5. The number of pyridine rings is 1. The van der Waals surface area contributed by atoms with Crippen molar-refractivity contribution in [3.63, 3.8) is 0 Å². The topological polar surface area (TPSA) is 153 Å². The van der Waals surface area contributed by atoms with E-state index in [1.54, 1.807) is 30.5 Å². The average molecular weight is 400 g/mol. The number of aromatic nitrogens is 4. The Morgan fingerprint density at radius 3 is 2.75 bits per heavy atom. The van der Waals surface area contributed by atoms with Crippen molar-refractivity contribution in [2.75, 3.05) is 11.2 Å². The van der Waals surface area contributed by atoms with Crippen molar-refractivity contribution in [1.29, 1.82) is 0 Å². The predicted octanol–water partition coefficient (Wildman–Crippen LogP) is 1.77. The van der Waals surface area contributed by atoms with E-state index in [4.69, 9.17) is 5.11 Å². The highest BCUT2D eigenvalue weighted by Crippen LogP contribution is 2.24. The number of carbonyl (C=O) groups excluding carboxylic acids is 1. The van der Waals surface area contributed by atoms with Crippen LogP contribution in [0.25, 0.3) is 11.4 Å². The first-order chi connectivity index (χ1) is 13.5. The zero-order valence-electron chi connectivity index (χ0n) is 14.4. The number of aliphatic carboxylic acids is 1. The molecule has 0 spiro atoms. The summed E-state index contributed by atoms with van der Waals surface area (Å²) < 4.78 is 0. The van der Waals surface area contributed by atoms with Crippen LogP contribution in [0.5, 0.6) is 0 Å². The van der Waals surface area contributed by atoms with Crippen LogP contribution in [0.1, 0.15) is 16.1 Å². The average Bonchev–Trinajstić information content (AvgIpc) is 3.20. The Morgan fingerprint density at radius 2 is 2.04 bits per heavy atom. The zero-order valence-corrected chi connectivity index (χ0v) is 15.2. The second-order valence-corrected chi connectivity index (χ2v) is 6.54. The minimum absolute atomic E-state index is 0.159. The molecule has 3 aromatic rings. The lowest BCUT2D eigenvalue weighted by atomic mass is 10.1. The van der Waals surface area contributed by atoms with Crippen LogP contribution >= 0.6 is 11.8 Å². The number of amides is 1. The van der Waals surface area contributed by atoms with E-state index >= 15 is 0 Å². The number of H-pyrrole nitrogens is 1. The Kier molecular flexibility index (Phi) is 6.19. The minimum Gasteiger partial charge on any atom is -0.481 e. The van der Waals surface area contributed by atoms with Crippen molar-refractivity contribution in [3.8, 4) is 11.4 Å². The summed E-state index contributed by atoms with van der Waals surface area (Å²) in [5.74, 6) is -1.15. The molecule has 0 radical (unpaired) electrons. The summed E-state index contributed by atoms with van der Waals surface area (Å²) >= 11 is 0.990. The van der Waals surface area contributed by atoms with Crippen molar-refractivity contribution in [3.05, 3.63) is 53.9 Å². The van der Waals surface area contributed by atoms with E-state index in [0.29, 0.717) is 27.8 Å². The molecule has 0 bridgehead atoms. The van der Waals surface area contributed by atoms with Crippen molar-refractivity contribution in [1.82, 2.24) is 25.5 Å². The van der Waals surface area contributed by atoms with Crippen LogP contribution in [0, 0.1) is 0 Å². The molecule has 0 saturated carbocycles. The largest absolute Gasteiger partial charge is 0.481 e. The second kappa shape index (κ2) is 8.97. The molecule has 1 aromatic carbocycles. The molecule has 0 aliphatic heterocycles. The molecule has 144 valence electrons. The summed E-state index contributed by atoms with van der Waals surface area (Å²) in [4.78, 5) is 30.2. The number of aromatic amines is 1. The zero-order chi connectivity index (χ0) is 19.9. The molecule has 2 heterocycles. The number of nitrogens with zero attached hydrogens (tertiary/aromatic N) is 3. The van der Waals surface area contributed by atoms with Crippen molar-refractivity contribution in [2.45, 2.75) is 11.7 Å². The number of nitrogens with one attached hydrogen (secondary N) is 3. The van der Waals surface area contributed by atoms with Gasteiger partial charge in [0.05, 0.1) is 23.7 Å². The molecular weight excluding hydrogens is 384 g/mol. The third-order valence-electron chi connectivity index (χ3n) is 3.55. The van der Waals surface area contributed by atoms with E-state index in [1.807, 2.05) is 11.5 Å². The standard InChI is InChI=1S/C17H16N6O4S/c24-14(25)9-28-17-20-15(21-22-17)10-5-11(7-13(6-10)23-27)16(26)19-8-12-3-1-2-4-18-12/h1-7,23,27H,8-9H2,(H,19,26)(H,24,25)(H,20,21,22). The molecular formula is C17H16N6O4S. The molecule has 0 unspecified atom stereocenters. The lowest BCUT2D eigenvalue weighted by molar-refractivity contribution is -0.133. The van der Waals surface area contributed by atoms with Crippen LogP contribution in [-0.2, 0) is 11.3 Å². The Balaban J connectivity index is 1.78. The molecule has 1 amide bonds. The normalized spacial score (nSPS) is 10.5. The molecule has 0 saturated heterocycles. The fourth-order valence-electron chi connectivity index (χ4n) is 2.31. The van der Waals surface area contributed by atoms with Gasteiger partial charge >= 0.3 is 5.97 Å². The van der Waals surface area contributed by atoms with Gasteiger partial charge in [-0.05, 0) is 30.3 Å². The van der Waals surface area contributed by atoms with Crippen LogP contribution in [0.3, 0.4) is 0 Å². The van der Waals surface area contributed by atoms with E-state index in [2.05, 4.69) is 25.5 Å². The fourth-order valence-corrected chi connectivity index (χ4v) is 2.83. The van der Waals surface area contributed by atoms with Gasteiger partial charge in [-0.3, -0.25) is 25.3 Å². The summed E-state index contributed by atoms with van der Waals surface area (Å²) in [5, 5.41) is 28.9. The maximum Gasteiger partial charge on any atom is 0.313 e. The van der Waals surface area contributed by atoms with E-state index < -0.39 is 5.97 Å². The summed E-state index contributed by atoms with van der Waals surface area (Å²) in [6.07, 6.45) is 1.64. The molecule has 2 aromatic heterocycles. The highest BCUT2D eigenvalue weighted by atomic mass is 32.2. The number of hydrogen-bond donors (Lipinski definition) is 5. The third-order valence-corrected chi connectivity index (χ3v) is 4.40. The van der Waals surface area contributed by atoms with Gasteiger partial charge in [0.1, 0.15) is 0 Å². The summed E-state index contributed by atoms with van der Waals surface area (Å²) in [5.41, 5.74) is 3.80. The van der Waals surface area contributed by atoms with Gasteiger partial charge in [-0.2, -0.15) is 0 Å². The third kappa shape index (κ3) is 5.05. The lowest BCUT2D eigenvalue weighted by Gasteiger charge is -2.08. The van der Waals surface area contributed by atoms with Crippen LogP contribution in [0.15, 0.2) is 47.8 Å². The highest BCUT2D eigenvalue weighted by Gasteiger charge is 2.13. The van der Waals surface area contributed by atoms with Gasteiger partial charge in [-0.1, -0.05) is 17.8 Å². The SMILES string of the molecule is O=C(O)CSc1nnc(-c2cc(NO)cc(C(=O)NCc3ccccn3)c2)[nH]1. The number of anilines is 1. The van der Waals surface area contributed by atoms with Crippen molar-refractivity contribution in [2.24, 2.45) is 0 Å². The van der Waals surface area contributed by atoms with Crippen LogP contribution < -0.4 is 10.8 Å². The molecule has 10 nitrogen and oxygen atoms in total. The maximum absolute atomic E-state index is 12.5. The smallest absolute Gasteiger partial charge is 0.313 e. The second-order valence-electron chi connectivity index (χ2n) is 5.58. The summed E-state index contributed by atoms with van der Waals surface area (Å²) in [7, 11) is 0. The fraction of sp³-hybridized carbons (Fsp3) is 0.118. The van der Waals surface area contributed by atoms with Crippen LogP contribution in [0.2, 0.25) is 0 Å². The molecule has 0 aliphatic rings. The van der Waals surface area contributed by atoms with Crippen LogP contribution in [-0.4, -0.2) is 48.1 Å². The van der Waals surface area contributed by atoms with Gasteiger partial charge in [0.25, 0.3) is 5.91 Å². The molecule has 3 rings (SSSR count). The van der Waals surface area contributed by atoms with Gasteiger partial charge in [-0.15, -0.1) is 10.2 Å². The molecule has 0 atom stereocenters. The van der Waals surface area contributed by atoms with E-state index in [-0.39, 0.29) is 23.9 Å². The first kappa shape index (κ1) is 19.3. The summed E-state index contributed by atoms with van der Waals surface area (Å²) in [6, 6.07) is 10.0. The molecule has 0 aliphatic carbocycles. The number of hydrogen-bond acceptors (Lipinski definition) is 8. The van der Waals surface area contributed by atoms with E-state index in [9.17, 15) is 14.8 Å². The number of benzene rings is 1. The van der Waals surface area contributed by atoms with Crippen LogP contribution in [0.4, 0.5) is 5.69 Å². The summed E-state index contributed by atoms with van der Waals surface area (Å²) in [6.45, 7) is 0.254. The quantitative estimate of drug-likeness (QED) is 0.281. The van der Waals surface area contributed by atoms with E-state index in [0.717, 1.165) is 11.8 Å². The van der Waals surface area contributed by atoms with Crippen molar-refractivity contribution >= 4 is 29.3 Å². The molecule has 11 heteroatoms. The van der Waals surface area contributed by atoms with Gasteiger partial charge < -0.3 is 15.4 Å². The van der Waals surface area contributed by atoms with Gasteiger partial charge in [0, 0.05) is 17.3 Å². The highest BCUT2D eigenvalue weighted by molar-refractivity contribution is 7.99. The predicted molar refractivity (Wildman–Crippen MR) is 101 cm³/mol.